The Morgan fingerprint density at radius 2 is 1.62 bits per heavy atom. The number of nitrogens with zero attached hydrogens (tertiary/aromatic N) is 5. The Labute approximate surface area is 200 Å². The van der Waals surface area contributed by atoms with Gasteiger partial charge in [-0.05, 0) is 68.3 Å². The highest BCUT2D eigenvalue weighted by atomic mass is 16.2. The van der Waals surface area contributed by atoms with Crippen LogP contribution >= 0.6 is 0 Å². The molecule has 0 radical (unpaired) electrons. The Bertz CT molecular complexity index is 1360. The lowest BCUT2D eigenvalue weighted by Crippen LogP contribution is -2.32. The first kappa shape index (κ1) is 23.1. The molecule has 34 heavy (non-hydrogen) atoms. The van der Waals surface area contributed by atoms with Crippen molar-refractivity contribution in [3.63, 3.8) is 0 Å². The zero-order valence-corrected chi connectivity index (χ0v) is 20.1. The minimum absolute atomic E-state index is 0.0556. The van der Waals surface area contributed by atoms with Crippen LogP contribution in [-0.2, 0) is 0 Å². The van der Waals surface area contributed by atoms with Crippen LogP contribution in [-0.4, -0.2) is 46.9 Å². The summed E-state index contributed by atoms with van der Waals surface area (Å²) in [4.78, 5) is 21.7. The fraction of sp³-hybridized carbons (Fsp3) is 0.250. The topological polar surface area (TPSA) is 64.6 Å². The molecule has 0 aliphatic rings. The standard InChI is InChI=1S/C28H29N5O/c1-5-31(4)25-16-22(12-14-24(25)28(34)32(6-2)7-3)23-13-15-27-30-18-26(33(27)19-23)21-10-8-20(17-29)9-11-21/h8-16,18-19H,5-7H2,1-4H3. The van der Waals surface area contributed by atoms with Gasteiger partial charge in [0, 0.05) is 44.1 Å². The van der Waals surface area contributed by atoms with Gasteiger partial charge in [0.05, 0.1) is 29.1 Å². The van der Waals surface area contributed by atoms with Crippen LogP contribution in [0.4, 0.5) is 5.69 Å². The Morgan fingerprint density at radius 3 is 2.26 bits per heavy atom. The predicted molar refractivity (Wildman–Crippen MR) is 137 cm³/mol. The van der Waals surface area contributed by atoms with Gasteiger partial charge in [0.15, 0.2) is 0 Å². The van der Waals surface area contributed by atoms with E-state index < -0.39 is 0 Å². The smallest absolute Gasteiger partial charge is 0.255 e. The molecule has 2 aromatic carbocycles. The summed E-state index contributed by atoms with van der Waals surface area (Å²) in [5, 5.41) is 9.09. The second-order valence-corrected chi connectivity index (χ2v) is 8.20. The summed E-state index contributed by atoms with van der Waals surface area (Å²) < 4.78 is 2.06. The molecule has 4 rings (SSSR count). The van der Waals surface area contributed by atoms with Crippen molar-refractivity contribution in [2.45, 2.75) is 20.8 Å². The van der Waals surface area contributed by atoms with Crippen molar-refractivity contribution in [3.05, 3.63) is 78.1 Å². The van der Waals surface area contributed by atoms with Crippen LogP contribution in [0, 0.1) is 11.3 Å². The number of imidazole rings is 1. The molecule has 0 spiro atoms. The quantitative estimate of drug-likeness (QED) is 0.373. The molecule has 0 aliphatic carbocycles. The highest BCUT2D eigenvalue weighted by Crippen LogP contribution is 2.30. The van der Waals surface area contributed by atoms with E-state index in [1.54, 1.807) is 0 Å². The van der Waals surface area contributed by atoms with Crippen molar-refractivity contribution in [3.8, 4) is 28.5 Å². The van der Waals surface area contributed by atoms with E-state index in [1.165, 1.54) is 0 Å². The molecule has 2 aromatic heterocycles. The van der Waals surface area contributed by atoms with Crippen LogP contribution < -0.4 is 4.90 Å². The summed E-state index contributed by atoms with van der Waals surface area (Å²) >= 11 is 0. The lowest BCUT2D eigenvalue weighted by molar-refractivity contribution is 0.0773. The fourth-order valence-electron chi connectivity index (χ4n) is 4.14. The van der Waals surface area contributed by atoms with Gasteiger partial charge in [0.1, 0.15) is 5.65 Å². The number of nitriles is 1. The van der Waals surface area contributed by atoms with Crippen molar-refractivity contribution in [2.24, 2.45) is 0 Å². The Hall–Kier alpha value is -4.11. The molecule has 1 amide bonds. The van der Waals surface area contributed by atoms with Gasteiger partial charge in [0.2, 0.25) is 0 Å². The van der Waals surface area contributed by atoms with Gasteiger partial charge in [-0.15, -0.1) is 0 Å². The van der Waals surface area contributed by atoms with Crippen molar-refractivity contribution in [1.82, 2.24) is 14.3 Å². The van der Waals surface area contributed by atoms with E-state index in [1.807, 2.05) is 74.5 Å². The molecular formula is C28H29N5O. The number of anilines is 1. The van der Waals surface area contributed by atoms with Gasteiger partial charge in [-0.3, -0.25) is 9.20 Å². The van der Waals surface area contributed by atoms with Crippen LogP contribution in [0.2, 0.25) is 0 Å². The molecule has 0 saturated heterocycles. The largest absolute Gasteiger partial charge is 0.374 e. The van der Waals surface area contributed by atoms with E-state index in [-0.39, 0.29) is 5.91 Å². The average molecular weight is 452 g/mol. The van der Waals surface area contributed by atoms with Gasteiger partial charge in [-0.25, -0.2) is 4.98 Å². The van der Waals surface area contributed by atoms with Crippen molar-refractivity contribution < 1.29 is 4.79 Å². The van der Waals surface area contributed by atoms with Crippen LogP contribution in [0.15, 0.2) is 67.0 Å². The predicted octanol–water partition coefficient (Wildman–Crippen LogP) is 5.48. The van der Waals surface area contributed by atoms with Crippen molar-refractivity contribution in [2.75, 3.05) is 31.6 Å². The molecule has 6 nitrogen and oxygen atoms in total. The fourth-order valence-corrected chi connectivity index (χ4v) is 4.14. The third-order valence-electron chi connectivity index (χ3n) is 6.31. The van der Waals surface area contributed by atoms with Crippen LogP contribution in [0.5, 0.6) is 0 Å². The molecule has 0 N–H and O–H groups in total. The van der Waals surface area contributed by atoms with Gasteiger partial charge < -0.3 is 9.80 Å². The van der Waals surface area contributed by atoms with Gasteiger partial charge in [0.25, 0.3) is 5.91 Å². The highest BCUT2D eigenvalue weighted by Gasteiger charge is 2.19. The van der Waals surface area contributed by atoms with Crippen LogP contribution in [0.1, 0.15) is 36.7 Å². The summed E-state index contributed by atoms with van der Waals surface area (Å²) in [7, 11) is 2.01. The second kappa shape index (κ2) is 9.80. The number of aromatic nitrogens is 2. The molecule has 0 aliphatic heterocycles. The van der Waals surface area contributed by atoms with Crippen LogP contribution in [0.3, 0.4) is 0 Å². The maximum absolute atomic E-state index is 13.2. The molecule has 0 bridgehead atoms. The van der Waals surface area contributed by atoms with E-state index in [0.717, 1.165) is 45.8 Å². The molecule has 0 saturated carbocycles. The Balaban J connectivity index is 1.79. The lowest BCUT2D eigenvalue weighted by atomic mass is 10.0. The minimum Gasteiger partial charge on any atom is -0.374 e. The van der Waals surface area contributed by atoms with Gasteiger partial charge in [-0.1, -0.05) is 18.2 Å². The van der Waals surface area contributed by atoms with Gasteiger partial charge in [-0.2, -0.15) is 5.26 Å². The lowest BCUT2D eigenvalue weighted by Gasteiger charge is -2.25. The van der Waals surface area contributed by atoms with Gasteiger partial charge >= 0.3 is 0 Å². The molecule has 6 heteroatoms. The minimum atomic E-state index is 0.0556. The summed E-state index contributed by atoms with van der Waals surface area (Å²) in [5.74, 6) is 0.0556. The van der Waals surface area contributed by atoms with E-state index >= 15 is 0 Å². The third kappa shape index (κ3) is 4.25. The van der Waals surface area contributed by atoms with Crippen molar-refractivity contribution in [1.29, 1.82) is 5.26 Å². The number of rotatable bonds is 7. The maximum atomic E-state index is 13.2. The summed E-state index contributed by atoms with van der Waals surface area (Å²) in [5.41, 5.74) is 7.15. The van der Waals surface area contributed by atoms with E-state index in [4.69, 9.17) is 5.26 Å². The first-order valence-corrected chi connectivity index (χ1v) is 11.6. The van der Waals surface area contributed by atoms with Crippen LogP contribution in [0.25, 0.3) is 28.0 Å². The molecule has 0 atom stereocenters. The highest BCUT2D eigenvalue weighted by molar-refractivity contribution is 6.00. The first-order valence-electron chi connectivity index (χ1n) is 11.6. The number of hydrogen-bond acceptors (Lipinski definition) is 4. The average Bonchev–Trinajstić information content (AvgIpc) is 3.31. The second-order valence-electron chi connectivity index (χ2n) is 8.20. The normalized spacial score (nSPS) is 10.8. The zero-order valence-electron chi connectivity index (χ0n) is 20.1. The third-order valence-corrected chi connectivity index (χ3v) is 6.31. The van der Waals surface area contributed by atoms with Crippen molar-refractivity contribution >= 4 is 17.2 Å². The number of pyridine rings is 1. The molecule has 4 aromatic rings. The molecular weight excluding hydrogens is 422 g/mol. The number of carbonyl (C=O) groups is 1. The molecule has 172 valence electrons. The van der Waals surface area contributed by atoms with E-state index in [2.05, 4.69) is 45.6 Å². The summed E-state index contributed by atoms with van der Waals surface area (Å²) in [6, 6.07) is 19.8. The summed E-state index contributed by atoms with van der Waals surface area (Å²) in [6.45, 7) is 8.25. The number of benzene rings is 2. The van der Waals surface area contributed by atoms with E-state index in [9.17, 15) is 4.79 Å². The van der Waals surface area contributed by atoms with E-state index in [0.29, 0.717) is 18.7 Å². The first-order chi connectivity index (χ1) is 16.5. The summed E-state index contributed by atoms with van der Waals surface area (Å²) in [6.07, 6.45) is 3.93. The number of fused-ring (bicyclic) bond motifs is 1. The molecule has 0 fully saturated rings. The zero-order chi connectivity index (χ0) is 24.2. The maximum Gasteiger partial charge on any atom is 0.255 e. The molecule has 2 heterocycles. The number of amides is 1. The number of hydrogen-bond donors (Lipinski definition) is 0. The Kier molecular flexibility index (Phi) is 6.65. The molecule has 0 unspecified atom stereocenters. The monoisotopic (exact) mass is 451 g/mol. The number of carbonyl (C=O) groups excluding carboxylic acids is 1. The Morgan fingerprint density at radius 1 is 0.941 bits per heavy atom. The SMILES string of the molecule is CCN(CC)C(=O)c1ccc(-c2ccc3ncc(-c4ccc(C#N)cc4)n3c2)cc1N(C)CC.